The summed E-state index contributed by atoms with van der Waals surface area (Å²) in [6, 6.07) is 17.0. The van der Waals surface area contributed by atoms with Crippen LogP contribution >= 0.6 is 27.5 Å². The smallest absolute Gasteiger partial charge is 0.0453 e. The summed E-state index contributed by atoms with van der Waals surface area (Å²) in [6.07, 6.45) is 1.04. The van der Waals surface area contributed by atoms with Crippen LogP contribution in [0, 0.1) is 0 Å². The molecule has 106 valence electrons. The van der Waals surface area contributed by atoms with Crippen molar-refractivity contribution < 1.29 is 0 Å². The van der Waals surface area contributed by atoms with E-state index in [1.54, 1.807) is 0 Å². The van der Waals surface area contributed by atoms with Crippen molar-refractivity contribution in [3.05, 3.63) is 69.2 Å². The van der Waals surface area contributed by atoms with Crippen molar-refractivity contribution in [2.24, 2.45) is 0 Å². The van der Waals surface area contributed by atoms with Crippen LogP contribution in [0.3, 0.4) is 0 Å². The van der Waals surface area contributed by atoms with Crippen LogP contribution in [0.4, 0.5) is 0 Å². The van der Waals surface area contributed by atoms with Crippen molar-refractivity contribution in [1.82, 2.24) is 5.32 Å². The number of rotatable bonds is 5. The van der Waals surface area contributed by atoms with Crippen LogP contribution < -0.4 is 5.32 Å². The molecule has 0 fully saturated rings. The Balaban J connectivity index is 2.14. The molecule has 0 aromatic heterocycles. The van der Waals surface area contributed by atoms with Crippen molar-refractivity contribution in [1.29, 1.82) is 0 Å². The van der Waals surface area contributed by atoms with E-state index in [1.807, 2.05) is 18.2 Å². The van der Waals surface area contributed by atoms with Crippen LogP contribution in [-0.4, -0.2) is 0 Å². The summed E-state index contributed by atoms with van der Waals surface area (Å²) >= 11 is 9.74. The highest BCUT2D eigenvalue weighted by Crippen LogP contribution is 2.27. The van der Waals surface area contributed by atoms with E-state index in [4.69, 9.17) is 11.6 Å². The Morgan fingerprint density at radius 1 is 1.10 bits per heavy atom. The number of halogens is 2. The van der Waals surface area contributed by atoms with Gasteiger partial charge in [0.25, 0.3) is 0 Å². The van der Waals surface area contributed by atoms with E-state index in [2.05, 4.69) is 65.4 Å². The van der Waals surface area contributed by atoms with Gasteiger partial charge >= 0.3 is 0 Å². The maximum absolute atomic E-state index is 6.27. The van der Waals surface area contributed by atoms with Crippen molar-refractivity contribution >= 4 is 27.5 Å². The van der Waals surface area contributed by atoms with E-state index in [0.29, 0.717) is 6.04 Å². The first kappa shape index (κ1) is 15.6. The Morgan fingerprint density at radius 2 is 1.75 bits per heavy atom. The van der Waals surface area contributed by atoms with E-state index in [-0.39, 0.29) is 6.04 Å². The molecule has 0 heterocycles. The van der Waals surface area contributed by atoms with Gasteiger partial charge < -0.3 is 5.32 Å². The maximum atomic E-state index is 6.27. The van der Waals surface area contributed by atoms with Gasteiger partial charge in [-0.05, 0) is 42.7 Å². The lowest BCUT2D eigenvalue weighted by molar-refractivity contribution is 0.456. The molecular weight excluding hydrogens is 334 g/mol. The minimum atomic E-state index is 0.220. The van der Waals surface area contributed by atoms with Crippen LogP contribution in [0.25, 0.3) is 0 Å². The molecule has 1 N–H and O–H groups in total. The van der Waals surface area contributed by atoms with Crippen molar-refractivity contribution in [3.8, 4) is 0 Å². The Hall–Kier alpha value is -0.830. The minimum Gasteiger partial charge on any atom is -0.303 e. The first-order valence-electron chi connectivity index (χ1n) is 6.87. The van der Waals surface area contributed by atoms with E-state index in [9.17, 15) is 0 Å². The fourth-order valence-electron chi connectivity index (χ4n) is 2.36. The van der Waals surface area contributed by atoms with Gasteiger partial charge in [-0.2, -0.15) is 0 Å². The molecule has 0 amide bonds. The number of benzene rings is 2. The molecule has 0 aliphatic carbocycles. The molecule has 0 aliphatic rings. The van der Waals surface area contributed by atoms with Crippen molar-refractivity contribution in [3.63, 3.8) is 0 Å². The van der Waals surface area contributed by atoms with E-state index in [1.165, 1.54) is 5.56 Å². The Bertz CT molecular complexity index is 553. The molecule has 2 atom stereocenters. The molecule has 0 radical (unpaired) electrons. The normalized spacial score (nSPS) is 14.0. The zero-order chi connectivity index (χ0) is 14.5. The summed E-state index contributed by atoms with van der Waals surface area (Å²) in [5.41, 5.74) is 2.44. The highest BCUT2D eigenvalue weighted by Gasteiger charge is 2.15. The molecule has 0 saturated carbocycles. The molecule has 0 bridgehead atoms. The van der Waals surface area contributed by atoms with Crippen LogP contribution in [0.1, 0.15) is 43.5 Å². The monoisotopic (exact) mass is 351 g/mol. The van der Waals surface area contributed by atoms with Gasteiger partial charge in [-0.3, -0.25) is 0 Å². The Kier molecular flexibility index (Phi) is 5.64. The predicted molar refractivity (Wildman–Crippen MR) is 90.2 cm³/mol. The largest absolute Gasteiger partial charge is 0.303 e. The number of hydrogen-bond acceptors (Lipinski definition) is 1. The van der Waals surface area contributed by atoms with Gasteiger partial charge in [0.05, 0.1) is 0 Å². The third kappa shape index (κ3) is 3.85. The van der Waals surface area contributed by atoms with E-state index < -0.39 is 0 Å². The van der Waals surface area contributed by atoms with E-state index in [0.717, 1.165) is 21.5 Å². The van der Waals surface area contributed by atoms with Crippen molar-refractivity contribution in [2.45, 2.75) is 32.4 Å². The second kappa shape index (κ2) is 7.26. The molecule has 2 rings (SSSR count). The van der Waals surface area contributed by atoms with Crippen LogP contribution in [-0.2, 0) is 0 Å². The SMILES string of the molecule is CCC(NC(C)c1ccccc1Cl)c1ccc(Br)cc1. The minimum absolute atomic E-state index is 0.220. The second-order valence-corrected chi connectivity index (χ2v) is 6.25. The summed E-state index contributed by atoms with van der Waals surface area (Å²) in [5, 5.41) is 4.48. The summed E-state index contributed by atoms with van der Waals surface area (Å²) in [4.78, 5) is 0. The van der Waals surface area contributed by atoms with Gasteiger partial charge in [0, 0.05) is 21.6 Å². The summed E-state index contributed by atoms with van der Waals surface area (Å²) in [7, 11) is 0. The Morgan fingerprint density at radius 3 is 2.35 bits per heavy atom. The summed E-state index contributed by atoms with van der Waals surface area (Å²) < 4.78 is 1.11. The zero-order valence-corrected chi connectivity index (χ0v) is 14.1. The lowest BCUT2D eigenvalue weighted by Gasteiger charge is -2.23. The summed E-state index contributed by atoms with van der Waals surface area (Å²) in [5.74, 6) is 0. The molecule has 20 heavy (non-hydrogen) atoms. The van der Waals surface area contributed by atoms with Gasteiger partial charge in [0.2, 0.25) is 0 Å². The van der Waals surface area contributed by atoms with Gasteiger partial charge in [-0.1, -0.05) is 64.8 Å². The third-order valence-corrected chi connectivity index (χ3v) is 4.38. The van der Waals surface area contributed by atoms with Gasteiger partial charge in [-0.25, -0.2) is 0 Å². The molecule has 2 aromatic rings. The average molecular weight is 353 g/mol. The van der Waals surface area contributed by atoms with Crippen LogP contribution in [0.5, 0.6) is 0 Å². The molecule has 2 aromatic carbocycles. The summed E-state index contributed by atoms with van der Waals surface area (Å²) in [6.45, 7) is 4.35. The quantitative estimate of drug-likeness (QED) is 0.706. The molecule has 0 spiro atoms. The molecule has 0 saturated heterocycles. The van der Waals surface area contributed by atoms with Gasteiger partial charge in [-0.15, -0.1) is 0 Å². The first-order valence-corrected chi connectivity index (χ1v) is 8.05. The average Bonchev–Trinajstić information content (AvgIpc) is 2.46. The van der Waals surface area contributed by atoms with Crippen molar-refractivity contribution in [2.75, 3.05) is 0 Å². The van der Waals surface area contributed by atoms with E-state index >= 15 is 0 Å². The highest BCUT2D eigenvalue weighted by atomic mass is 79.9. The van der Waals surface area contributed by atoms with Crippen LogP contribution in [0.15, 0.2) is 53.0 Å². The number of hydrogen-bond donors (Lipinski definition) is 1. The fraction of sp³-hybridized carbons (Fsp3) is 0.294. The fourth-order valence-corrected chi connectivity index (χ4v) is 2.93. The van der Waals surface area contributed by atoms with Gasteiger partial charge in [0.1, 0.15) is 0 Å². The predicted octanol–water partition coefficient (Wildman–Crippen LogP) is 5.90. The molecule has 3 heteroatoms. The van der Waals surface area contributed by atoms with Crippen LogP contribution in [0.2, 0.25) is 5.02 Å². The lowest BCUT2D eigenvalue weighted by Crippen LogP contribution is -2.24. The number of nitrogens with one attached hydrogen (secondary N) is 1. The molecular formula is C17H19BrClN. The third-order valence-electron chi connectivity index (χ3n) is 3.50. The zero-order valence-electron chi connectivity index (χ0n) is 11.7. The topological polar surface area (TPSA) is 12.0 Å². The highest BCUT2D eigenvalue weighted by molar-refractivity contribution is 9.10. The van der Waals surface area contributed by atoms with Gasteiger partial charge in [0.15, 0.2) is 0 Å². The Labute approximate surface area is 134 Å². The standard InChI is InChI=1S/C17H19BrClN/c1-3-17(13-8-10-14(18)11-9-13)20-12(2)15-6-4-5-7-16(15)19/h4-12,17,20H,3H2,1-2H3. The maximum Gasteiger partial charge on any atom is 0.0453 e. The molecule has 0 aliphatic heterocycles. The molecule has 1 nitrogen and oxygen atoms in total. The molecule has 2 unspecified atom stereocenters. The second-order valence-electron chi connectivity index (χ2n) is 4.92. The lowest BCUT2D eigenvalue weighted by atomic mass is 10.0. The first-order chi connectivity index (χ1) is 9.61.